The lowest BCUT2D eigenvalue weighted by atomic mass is 10.2. The Kier molecular flexibility index (Phi) is 3.07. The lowest BCUT2D eigenvalue weighted by Crippen LogP contribution is -1.98. The number of aliphatic hydroxyl groups excluding tert-OH is 1. The van der Waals surface area contributed by atoms with E-state index >= 15 is 0 Å². The van der Waals surface area contributed by atoms with Crippen molar-refractivity contribution in [1.29, 1.82) is 0 Å². The molecule has 18 heavy (non-hydrogen) atoms. The molecule has 1 atom stereocenters. The van der Waals surface area contributed by atoms with Crippen molar-refractivity contribution in [3.8, 4) is 5.69 Å². The van der Waals surface area contributed by atoms with Gasteiger partial charge in [-0.05, 0) is 26.0 Å². The largest absolute Gasteiger partial charge is 0.387 e. The van der Waals surface area contributed by atoms with Gasteiger partial charge in [-0.25, -0.2) is 4.68 Å². The molecule has 0 spiro atoms. The average Bonchev–Trinajstić information content (AvgIpc) is 2.77. The first-order valence-electron chi connectivity index (χ1n) is 5.35. The first kappa shape index (κ1) is 12.2. The van der Waals surface area contributed by atoms with Gasteiger partial charge in [0.1, 0.15) is 5.69 Å². The lowest BCUT2D eigenvalue weighted by molar-refractivity contribution is -0.385. The van der Waals surface area contributed by atoms with Crippen LogP contribution in [0.4, 0.5) is 5.69 Å². The summed E-state index contributed by atoms with van der Waals surface area (Å²) >= 11 is 0. The fourth-order valence-corrected chi connectivity index (χ4v) is 1.58. The summed E-state index contributed by atoms with van der Waals surface area (Å²) in [5.41, 5.74) is 1.73. The van der Waals surface area contributed by atoms with Crippen molar-refractivity contribution < 1.29 is 10.0 Å². The lowest BCUT2D eigenvalue weighted by Gasteiger charge is -2.02. The second-order valence-electron chi connectivity index (χ2n) is 3.99. The smallest absolute Gasteiger partial charge is 0.272 e. The molecule has 1 aromatic heterocycles. The minimum atomic E-state index is -0.696. The van der Waals surface area contributed by atoms with Crippen LogP contribution in [0.3, 0.4) is 0 Å². The van der Waals surface area contributed by atoms with Crippen LogP contribution in [0.1, 0.15) is 24.3 Å². The highest BCUT2D eigenvalue weighted by atomic mass is 16.6. The number of aryl methyl sites for hydroxylation is 1. The first-order valence-corrected chi connectivity index (χ1v) is 5.35. The fourth-order valence-electron chi connectivity index (χ4n) is 1.58. The van der Waals surface area contributed by atoms with Crippen LogP contribution in [0.25, 0.3) is 5.69 Å². The summed E-state index contributed by atoms with van der Waals surface area (Å²) in [6.45, 7) is 3.25. The molecule has 94 valence electrons. The molecule has 1 heterocycles. The summed E-state index contributed by atoms with van der Waals surface area (Å²) in [5, 5.41) is 27.7. The summed E-state index contributed by atoms with van der Waals surface area (Å²) in [7, 11) is 0. The molecule has 2 rings (SSSR count). The van der Waals surface area contributed by atoms with E-state index in [1.807, 2.05) is 0 Å². The Hall–Kier alpha value is -2.28. The first-order chi connectivity index (χ1) is 8.49. The van der Waals surface area contributed by atoms with Crippen LogP contribution in [0, 0.1) is 17.0 Å². The van der Waals surface area contributed by atoms with E-state index in [1.165, 1.54) is 10.7 Å². The number of hydrogen-bond acceptors (Lipinski definition) is 5. The van der Waals surface area contributed by atoms with E-state index in [2.05, 4.69) is 10.3 Å². The van der Waals surface area contributed by atoms with Crippen LogP contribution in [0.15, 0.2) is 24.4 Å². The molecule has 1 unspecified atom stereocenters. The van der Waals surface area contributed by atoms with Gasteiger partial charge in [0, 0.05) is 11.6 Å². The number of rotatable bonds is 3. The van der Waals surface area contributed by atoms with E-state index in [4.69, 9.17) is 0 Å². The summed E-state index contributed by atoms with van der Waals surface area (Å²) in [4.78, 5) is 10.3. The monoisotopic (exact) mass is 248 g/mol. The number of nitro benzene ring substituents is 1. The molecule has 1 aromatic carbocycles. The number of hydrogen-bond donors (Lipinski definition) is 1. The molecule has 0 aliphatic rings. The maximum atomic E-state index is 10.7. The average molecular weight is 248 g/mol. The zero-order chi connectivity index (χ0) is 13.3. The highest BCUT2D eigenvalue weighted by molar-refractivity contribution is 5.47. The summed E-state index contributed by atoms with van der Waals surface area (Å²) in [5.74, 6) is 0. The molecular formula is C11H12N4O3. The molecule has 0 aliphatic carbocycles. The number of aromatic nitrogens is 3. The minimum Gasteiger partial charge on any atom is -0.387 e. The van der Waals surface area contributed by atoms with Crippen molar-refractivity contribution in [2.75, 3.05) is 0 Å². The van der Waals surface area contributed by atoms with Gasteiger partial charge in [-0.3, -0.25) is 10.1 Å². The Bertz CT molecular complexity index is 592. The van der Waals surface area contributed by atoms with Crippen molar-refractivity contribution in [3.05, 3.63) is 45.8 Å². The molecule has 2 aromatic rings. The minimum absolute atomic E-state index is 0.0645. The van der Waals surface area contributed by atoms with Gasteiger partial charge in [-0.1, -0.05) is 5.21 Å². The van der Waals surface area contributed by atoms with Crippen LogP contribution >= 0.6 is 0 Å². The SMILES string of the molecule is Cc1cc(-n2cc(C(C)O)nn2)ccc1[N+](=O)[O-]. The van der Waals surface area contributed by atoms with E-state index in [9.17, 15) is 15.2 Å². The predicted molar refractivity (Wildman–Crippen MR) is 63.4 cm³/mol. The van der Waals surface area contributed by atoms with Gasteiger partial charge in [0.05, 0.1) is 22.9 Å². The van der Waals surface area contributed by atoms with Crippen molar-refractivity contribution in [1.82, 2.24) is 15.0 Å². The van der Waals surface area contributed by atoms with E-state index < -0.39 is 11.0 Å². The third kappa shape index (κ3) is 2.21. The predicted octanol–water partition coefficient (Wildman–Crippen LogP) is 1.54. The maximum absolute atomic E-state index is 10.7. The third-order valence-electron chi connectivity index (χ3n) is 2.58. The molecule has 0 radical (unpaired) electrons. The van der Waals surface area contributed by atoms with E-state index in [0.29, 0.717) is 16.9 Å². The molecule has 0 bridgehead atoms. The van der Waals surface area contributed by atoms with Gasteiger partial charge in [0.15, 0.2) is 0 Å². The Morgan fingerprint density at radius 2 is 2.22 bits per heavy atom. The Morgan fingerprint density at radius 1 is 1.50 bits per heavy atom. The van der Waals surface area contributed by atoms with Gasteiger partial charge in [0.2, 0.25) is 0 Å². The third-order valence-corrected chi connectivity index (χ3v) is 2.58. The molecule has 0 saturated carbocycles. The van der Waals surface area contributed by atoms with Crippen LogP contribution in [-0.4, -0.2) is 25.0 Å². The van der Waals surface area contributed by atoms with Crippen LogP contribution in [0.2, 0.25) is 0 Å². The molecule has 7 heteroatoms. The molecule has 0 aliphatic heterocycles. The van der Waals surface area contributed by atoms with Gasteiger partial charge < -0.3 is 5.11 Å². The normalized spacial score (nSPS) is 12.4. The molecular weight excluding hydrogens is 236 g/mol. The quantitative estimate of drug-likeness (QED) is 0.656. The fraction of sp³-hybridized carbons (Fsp3) is 0.273. The van der Waals surface area contributed by atoms with Crippen LogP contribution in [0.5, 0.6) is 0 Å². The summed E-state index contributed by atoms with van der Waals surface area (Å²) in [6.07, 6.45) is 0.892. The Balaban J connectivity index is 2.39. The second kappa shape index (κ2) is 4.53. The second-order valence-corrected chi connectivity index (χ2v) is 3.99. The van der Waals surface area contributed by atoms with E-state index in [0.717, 1.165) is 0 Å². The molecule has 0 amide bonds. The Morgan fingerprint density at radius 3 is 2.72 bits per heavy atom. The zero-order valence-corrected chi connectivity index (χ0v) is 9.94. The Labute approximate surface area is 103 Å². The zero-order valence-electron chi connectivity index (χ0n) is 9.94. The summed E-state index contributed by atoms with van der Waals surface area (Å²) in [6, 6.07) is 4.67. The van der Waals surface area contributed by atoms with Crippen LogP contribution < -0.4 is 0 Å². The molecule has 0 saturated heterocycles. The molecule has 0 fully saturated rings. The number of aliphatic hydroxyl groups is 1. The maximum Gasteiger partial charge on any atom is 0.272 e. The van der Waals surface area contributed by atoms with Crippen LogP contribution in [-0.2, 0) is 0 Å². The number of nitrogens with zero attached hydrogens (tertiary/aromatic N) is 4. The molecule has 7 nitrogen and oxygen atoms in total. The van der Waals surface area contributed by atoms with Gasteiger partial charge in [-0.2, -0.15) is 0 Å². The van der Waals surface area contributed by atoms with E-state index in [1.54, 1.807) is 32.2 Å². The van der Waals surface area contributed by atoms with Crippen molar-refractivity contribution >= 4 is 5.69 Å². The number of benzene rings is 1. The van der Waals surface area contributed by atoms with E-state index in [-0.39, 0.29) is 5.69 Å². The van der Waals surface area contributed by atoms with Gasteiger partial charge in [0.25, 0.3) is 5.69 Å². The highest BCUT2D eigenvalue weighted by Crippen LogP contribution is 2.21. The molecule has 1 N–H and O–H groups in total. The number of nitro groups is 1. The standard InChI is InChI=1S/C11H12N4O3/c1-7-5-9(3-4-11(7)15(17)18)14-6-10(8(2)16)12-13-14/h3-6,8,16H,1-2H3. The van der Waals surface area contributed by atoms with Gasteiger partial charge in [-0.15, -0.1) is 5.10 Å². The van der Waals surface area contributed by atoms with Gasteiger partial charge >= 0.3 is 0 Å². The summed E-state index contributed by atoms with van der Waals surface area (Å²) < 4.78 is 1.47. The highest BCUT2D eigenvalue weighted by Gasteiger charge is 2.12. The van der Waals surface area contributed by atoms with Crippen molar-refractivity contribution in [3.63, 3.8) is 0 Å². The topological polar surface area (TPSA) is 94.1 Å². The van der Waals surface area contributed by atoms with Crippen molar-refractivity contribution in [2.45, 2.75) is 20.0 Å². The van der Waals surface area contributed by atoms with Crippen molar-refractivity contribution in [2.24, 2.45) is 0 Å².